The van der Waals surface area contributed by atoms with Crippen LogP contribution in [0.1, 0.15) is 17.0 Å². The van der Waals surface area contributed by atoms with Crippen LogP contribution in [0.5, 0.6) is 0 Å². The van der Waals surface area contributed by atoms with Crippen molar-refractivity contribution >= 4 is 31.2 Å². The molecule has 1 aliphatic carbocycles. The number of hydrogen-bond donors (Lipinski definition) is 0. The van der Waals surface area contributed by atoms with Gasteiger partial charge in [0, 0.05) is 0 Å². The predicted octanol–water partition coefficient (Wildman–Crippen LogP) is 2.01. The van der Waals surface area contributed by atoms with Crippen molar-refractivity contribution in [2.75, 3.05) is 7.05 Å². The maximum absolute atomic E-state index is 12.7. The third-order valence-corrected chi connectivity index (χ3v) is 7.57. The molecule has 0 bridgehead atoms. The quantitative estimate of drug-likeness (QED) is 0.600. The fourth-order valence-corrected chi connectivity index (χ4v) is 6.31. The SMILES string of the molecule is CN1C(=O)[C@H]2[C@H](Cc3ccccc3[C@H]2C[Se]c2ccccc2)C1=O. The number of nitrogens with zero attached hydrogens (tertiary/aromatic N) is 1. The fraction of sp³-hybridized carbons (Fsp3) is 0.300. The molecule has 0 spiro atoms. The van der Waals surface area contributed by atoms with E-state index in [1.807, 2.05) is 18.2 Å². The van der Waals surface area contributed by atoms with E-state index in [2.05, 4.69) is 36.4 Å². The van der Waals surface area contributed by atoms with Crippen molar-refractivity contribution in [3.05, 3.63) is 65.7 Å². The van der Waals surface area contributed by atoms with Gasteiger partial charge in [-0.2, -0.15) is 0 Å². The molecule has 122 valence electrons. The number of carbonyl (C=O) groups is 2. The molecule has 1 fully saturated rings. The Morgan fingerprint density at radius 2 is 1.71 bits per heavy atom. The zero-order chi connectivity index (χ0) is 16.7. The summed E-state index contributed by atoms with van der Waals surface area (Å²) in [4.78, 5) is 26.5. The summed E-state index contributed by atoms with van der Waals surface area (Å²) in [5.74, 6) is -0.191. The van der Waals surface area contributed by atoms with E-state index in [9.17, 15) is 9.59 Å². The molecular weight excluding hydrogens is 365 g/mol. The molecule has 0 N–H and O–H groups in total. The molecule has 0 unspecified atom stereocenters. The van der Waals surface area contributed by atoms with E-state index in [1.54, 1.807) is 7.05 Å². The number of amides is 2. The van der Waals surface area contributed by atoms with Crippen LogP contribution in [0, 0.1) is 11.8 Å². The number of likely N-dealkylation sites (tertiary alicyclic amines) is 1. The number of carbonyl (C=O) groups excluding carboxylic acids is 2. The normalized spacial score (nSPS) is 25.5. The first kappa shape index (κ1) is 15.6. The van der Waals surface area contributed by atoms with Crippen LogP contribution in [0.3, 0.4) is 0 Å². The van der Waals surface area contributed by atoms with E-state index in [1.165, 1.54) is 20.5 Å². The first-order valence-corrected chi connectivity index (χ1v) is 10.3. The second-order valence-electron chi connectivity index (χ2n) is 6.50. The summed E-state index contributed by atoms with van der Waals surface area (Å²) in [6, 6.07) is 18.8. The monoisotopic (exact) mass is 385 g/mol. The molecular formula is C20H19NO2Se. The van der Waals surface area contributed by atoms with E-state index in [0.717, 1.165) is 5.32 Å². The van der Waals surface area contributed by atoms with Crippen LogP contribution in [0.15, 0.2) is 54.6 Å². The van der Waals surface area contributed by atoms with Crippen LogP contribution in [0.2, 0.25) is 5.32 Å². The van der Waals surface area contributed by atoms with Crippen LogP contribution in [0.4, 0.5) is 0 Å². The Morgan fingerprint density at radius 3 is 2.50 bits per heavy atom. The summed E-state index contributed by atoms with van der Waals surface area (Å²) >= 11 is 0.297. The third-order valence-electron chi connectivity index (χ3n) is 5.20. The second kappa shape index (κ2) is 6.19. The third kappa shape index (κ3) is 2.51. The molecule has 3 atom stereocenters. The summed E-state index contributed by atoms with van der Waals surface area (Å²) in [5, 5.41) is 0.960. The van der Waals surface area contributed by atoms with Crippen LogP contribution in [0.25, 0.3) is 0 Å². The Balaban J connectivity index is 1.68. The zero-order valence-electron chi connectivity index (χ0n) is 13.5. The van der Waals surface area contributed by atoms with Crippen molar-refractivity contribution in [2.45, 2.75) is 17.7 Å². The van der Waals surface area contributed by atoms with Crippen LogP contribution >= 0.6 is 0 Å². The van der Waals surface area contributed by atoms with E-state index in [4.69, 9.17) is 0 Å². The van der Waals surface area contributed by atoms with Crippen LogP contribution < -0.4 is 4.46 Å². The first-order chi connectivity index (χ1) is 11.7. The van der Waals surface area contributed by atoms with Gasteiger partial charge in [0.15, 0.2) is 0 Å². The summed E-state index contributed by atoms with van der Waals surface area (Å²) < 4.78 is 1.34. The minimum atomic E-state index is -0.178. The van der Waals surface area contributed by atoms with Gasteiger partial charge in [-0.05, 0) is 0 Å². The van der Waals surface area contributed by atoms with Crippen molar-refractivity contribution in [1.82, 2.24) is 4.90 Å². The molecule has 2 aromatic carbocycles. The van der Waals surface area contributed by atoms with Crippen molar-refractivity contribution in [1.29, 1.82) is 0 Å². The van der Waals surface area contributed by atoms with Crippen molar-refractivity contribution in [2.24, 2.45) is 11.8 Å². The Kier molecular flexibility index (Phi) is 4.03. The van der Waals surface area contributed by atoms with Crippen LogP contribution in [-0.4, -0.2) is 38.7 Å². The summed E-state index contributed by atoms with van der Waals surface area (Å²) in [6.07, 6.45) is 0.699. The van der Waals surface area contributed by atoms with Gasteiger partial charge in [0.05, 0.1) is 0 Å². The summed E-state index contributed by atoms with van der Waals surface area (Å²) in [7, 11) is 1.63. The van der Waals surface area contributed by atoms with Gasteiger partial charge in [0.1, 0.15) is 0 Å². The molecule has 1 heterocycles. The molecule has 0 aromatic heterocycles. The molecule has 4 heteroatoms. The van der Waals surface area contributed by atoms with E-state index >= 15 is 0 Å². The van der Waals surface area contributed by atoms with Gasteiger partial charge >= 0.3 is 148 Å². The van der Waals surface area contributed by atoms with Gasteiger partial charge in [-0.25, -0.2) is 0 Å². The topological polar surface area (TPSA) is 37.4 Å². The molecule has 3 nitrogen and oxygen atoms in total. The maximum atomic E-state index is 12.7. The van der Waals surface area contributed by atoms with Gasteiger partial charge in [0.25, 0.3) is 0 Å². The average Bonchev–Trinajstić information content (AvgIpc) is 2.84. The van der Waals surface area contributed by atoms with Gasteiger partial charge in [-0.1, -0.05) is 0 Å². The van der Waals surface area contributed by atoms with Crippen molar-refractivity contribution < 1.29 is 9.59 Å². The number of fused-ring (bicyclic) bond motifs is 2. The Morgan fingerprint density at radius 1 is 1.00 bits per heavy atom. The van der Waals surface area contributed by atoms with Gasteiger partial charge < -0.3 is 0 Å². The van der Waals surface area contributed by atoms with Gasteiger partial charge in [-0.15, -0.1) is 0 Å². The standard InChI is InChI=1S/C20H19NO2Se/c1-21-19(22)16-11-13-7-5-6-10-15(13)17(18(16)20(21)23)12-24-14-8-3-2-4-9-14/h2-10,16-18H,11-12H2,1H3/t16-,17+,18-/m0/s1. The van der Waals surface area contributed by atoms with Crippen LogP contribution in [-0.2, 0) is 16.0 Å². The molecule has 0 saturated carbocycles. The number of hydrogen-bond acceptors (Lipinski definition) is 2. The molecule has 1 aliphatic heterocycles. The molecule has 0 radical (unpaired) electrons. The Hall–Kier alpha value is -1.90. The Labute approximate surface area is 148 Å². The van der Waals surface area contributed by atoms with E-state index in [-0.39, 0.29) is 29.6 Å². The molecule has 1 saturated heterocycles. The van der Waals surface area contributed by atoms with E-state index in [0.29, 0.717) is 21.4 Å². The molecule has 4 rings (SSSR count). The zero-order valence-corrected chi connectivity index (χ0v) is 15.2. The van der Waals surface area contributed by atoms with E-state index < -0.39 is 0 Å². The number of benzene rings is 2. The minimum absolute atomic E-state index is 0.00304. The fourth-order valence-electron chi connectivity index (χ4n) is 3.98. The van der Waals surface area contributed by atoms with Gasteiger partial charge in [-0.3, -0.25) is 0 Å². The molecule has 2 amide bonds. The second-order valence-corrected chi connectivity index (χ2v) is 8.80. The first-order valence-electron chi connectivity index (χ1n) is 8.24. The molecule has 2 aliphatic rings. The molecule has 2 aromatic rings. The number of rotatable bonds is 3. The van der Waals surface area contributed by atoms with Gasteiger partial charge in [0.2, 0.25) is 0 Å². The molecule has 24 heavy (non-hydrogen) atoms. The Bertz CT molecular complexity index is 789. The predicted molar refractivity (Wildman–Crippen MR) is 94.3 cm³/mol. The summed E-state index contributed by atoms with van der Waals surface area (Å²) in [6.45, 7) is 0. The number of imide groups is 1. The van der Waals surface area contributed by atoms with Crippen molar-refractivity contribution in [3.63, 3.8) is 0 Å². The average molecular weight is 384 g/mol. The summed E-state index contributed by atoms with van der Waals surface area (Å²) in [5.41, 5.74) is 2.51. The van der Waals surface area contributed by atoms with Crippen molar-refractivity contribution in [3.8, 4) is 0 Å².